The van der Waals surface area contributed by atoms with Crippen molar-refractivity contribution in [2.45, 2.75) is 13.8 Å². The minimum atomic E-state index is -0.206. The van der Waals surface area contributed by atoms with Crippen LogP contribution in [0.15, 0.2) is 5.16 Å². The topological polar surface area (TPSA) is 49.7 Å². The van der Waals surface area contributed by atoms with Crippen LogP contribution in [0.2, 0.25) is 0 Å². The van der Waals surface area contributed by atoms with Gasteiger partial charge in [0.25, 0.3) is 0 Å². The first kappa shape index (κ1) is 11.0. The summed E-state index contributed by atoms with van der Waals surface area (Å²) in [6.45, 7) is 2.79. The first-order chi connectivity index (χ1) is 3.18. The molecule has 0 aromatic heterocycles. The van der Waals surface area contributed by atoms with Gasteiger partial charge >= 0.3 is 0 Å². The van der Waals surface area contributed by atoms with Crippen LogP contribution in [0, 0.1) is 0 Å². The average Bonchev–Trinajstić information content (AvgIpc) is 1.65. The molecule has 0 saturated heterocycles. The second-order valence-electron chi connectivity index (χ2n) is 1.24. The van der Waals surface area contributed by atoms with Gasteiger partial charge in [-0.25, -0.2) is 0 Å². The van der Waals surface area contributed by atoms with Gasteiger partial charge in [0, 0.05) is 36.5 Å². The molecular weight excluding hydrogens is 117 g/mol. The molecule has 0 heterocycles. The van der Waals surface area contributed by atoms with Gasteiger partial charge in [0.2, 0.25) is 0 Å². The van der Waals surface area contributed by atoms with Crippen molar-refractivity contribution in [3.05, 3.63) is 0 Å². The van der Waals surface area contributed by atoms with E-state index in [1.54, 1.807) is 0 Å². The van der Waals surface area contributed by atoms with Gasteiger partial charge in [0.05, 0.1) is 0 Å². The summed E-state index contributed by atoms with van der Waals surface area (Å²) in [7, 11) is 0. The number of rotatable bonds is 1. The molecule has 1 radical (unpaired) electrons. The van der Waals surface area contributed by atoms with Gasteiger partial charge in [-0.1, -0.05) is 5.16 Å². The first-order valence-corrected chi connectivity index (χ1v) is 1.88. The monoisotopic (exact) mass is 124 g/mol. The molecule has 0 bridgehead atoms. The number of nitrogens with zero attached hydrogens (tertiary/aromatic N) is 1. The van der Waals surface area contributed by atoms with E-state index in [-0.39, 0.29) is 41.1 Å². The normalized spacial score (nSPS) is 10.0. The van der Waals surface area contributed by atoms with Crippen LogP contribution < -0.4 is 0 Å². The summed E-state index contributed by atoms with van der Waals surface area (Å²) in [4.78, 5) is 10.1. The molecule has 0 unspecified atom stereocenters. The van der Waals surface area contributed by atoms with Crippen LogP contribution in [0.1, 0.15) is 13.8 Å². The van der Waals surface area contributed by atoms with E-state index in [2.05, 4.69) is 5.16 Å². The minimum absolute atomic E-state index is 0. The van der Waals surface area contributed by atoms with Gasteiger partial charge in [-0.2, -0.15) is 0 Å². The molecule has 1 N–H and O–H groups in total. The molecule has 0 aromatic carbocycles. The van der Waals surface area contributed by atoms with Crippen molar-refractivity contribution < 1.29 is 10.0 Å². The Hall–Kier alpha value is 0.140. The van der Waals surface area contributed by atoms with Crippen LogP contribution in [-0.2, 0) is 4.79 Å². The van der Waals surface area contributed by atoms with E-state index in [0.29, 0.717) is 0 Å². The summed E-state index contributed by atoms with van der Waals surface area (Å²) in [6, 6.07) is 0. The number of hydrogen-bond donors (Lipinski definition) is 1. The van der Waals surface area contributed by atoms with Crippen LogP contribution >= 0.6 is 0 Å². The summed E-state index contributed by atoms with van der Waals surface area (Å²) in [5.41, 5.74) is 0.139. The molecule has 0 amide bonds. The Balaban J connectivity index is 0. The molecular formula is C4H7NNaO2. The fourth-order valence-corrected chi connectivity index (χ4v) is 0.0704. The van der Waals surface area contributed by atoms with Crippen molar-refractivity contribution in [1.29, 1.82) is 0 Å². The van der Waals surface area contributed by atoms with E-state index in [1.165, 1.54) is 13.8 Å². The average molecular weight is 124 g/mol. The van der Waals surface area contributed by atoms with E-state index in [4.69, 9.17) is 5.21 Å². The van der Waals surface area contributed by atoms with Gasteiger partial charge in [-0.3, -0.25) is 4.79 Å². The third kappa shape index (κ3) is 4.30. The van der Waals surface area contributed by atoms with Crippen LogP contribution in [0.3, 0.4) is 0 Å². The Morgan fingerprint density at radius 2 is 1.88 bits per heavy atom. The minimum Gasteiger partial charge on any atom is -0.411 e. The van der Waals surface area contributed by atoms with E-state index in [1.807, 2.05) is 0 Å². The molecule has 0 aliphatic heterocycles. The third-order valence-electron chi connectivity index (χ3n) is 0.660. The quantitative estimate of drug-likeness (QED) is 0.232. The van der Waals surface area contributed by atoms with E-state index in [9.17, 15) is 4.79 Å². The Bertz CT molecular complexity index is 111. The molecule has 41 valence electrons. The molecule has 0 aliphatic rings. The second kappa shape index (κ2) is 5.28. The van der Waals surface area contributed by atoms with Gasteiger partial charge in [-0.15, -0.1) is 0 Å². The summed E-state index contributed by atoms with van der Waals surface area (Å²) < 4.78 is 0. The van der Waals surface area contributed by atoms with Crippen LogP contribution in [-0.4, -0.2) is 46.3 Å². The summed E-state index contributed by atoms with van der Waals surface area (Å²) in [6.07, 6.45) is 0. The maximum Gasteiger partial charge on any atom is 0.177 e. The van der Waals surface area contributed by atoms with Gasteiger partial charge < -0.3 is 5.21 Å². The second-order valence-corrected chi connectivity index (χ2v) is 1.24. The summed E-state index contributed by atoms with van der Waals surface area (Å²) >= 11 is 0. The fraction of sp³-hybridized carbons (Fsp3) is 0.500. The van der Waals surface area contributed by atoms with Gasteiger partial charge in [-0.05, 0) is 6.92 Å². The Kier molecular flexibility index (Phi) is 7.26. The molecule has 0 rings (SSSR count). The van der Waals surface area contributed by atoms with Crippen LogP contribution in [0.25, 0.3) is 0 Å². The van der Waals surface area contributed by atoms with Crippen LogP contribution in [0.5, 0.6) is 0 Å². The molecule has 0 aliphatic carbocycles. The van der Waals surface area contributed by atoms with E-state index >= 15 is 0 Å². The molecule has 0 atom stereocenters. The maximum atomic E-state index is 10.1. The zero-order chi connectivity index (χ0) is 5.86. The largest absolute Gasteiger partial charge is 0.411 e. The third-order valence-corrected chi connectivity index (χ3v) is 0.660. The SMILES string of the molecule is CC(=O)C(C)=NO.[Na]. The smallest absolute Gasteiger partial charge is 0.177 e. The van der Waals surface area contributed by atoms with E-state index in [0.717, 1.165) is 0 Å². The number of Topliss-reactive ketones (excluding diaryl/α,β-unsaturated/α-hetero) is 1. The molecule has 0 aromatic rings. The van der Waals surface area contributed by atoms with Crippen molar-refractivity contribution in [2.75, 3.05) is 0 Å². The number of ketones is 1. The molecule has 0 spiro atoms. The Morgan fingerprint density at radius 1 is 1.50 bits per heavy atom. The first-order valence-electron chi connectivity index (χ1n) is 1.88. The fourth-order valence-electron chi connectivity index (χ4n) is 0.0704. The molecule has 0 fully saturated rings. The molecule has 8 heavy (non-hydrogen) atoms. The van der Waals surface area contributed by atoms with Crippen LogP contribution in [0.4, 0.5) is 0 Å². The number of oxime groups is 1. The van der Waals surface area contributed by atoms with Gasteiger partial charge in [0.15, 0.2) is 5.78 Å². The predicted octanol–water partition coefficient (Wildman–Crippen LogP) is 0.0447. The zero-order valence-corrected chi connectivity index (χ0v) is 7.30. The van der Waals surface area contributed by atoms with Crippen molar-refractivity contribution in [3.8, 4) is 0 Å². The number of carbonyl (C=O) groups is 1. The number of hydrogen-bond acceptors (Lipinski definition) is 3. The van der Waals surface area contributed by atoms with E-state index < -0.39 is 0 Å². The summed E-state index contributed by atoms with van der Waals surface area (Å²) in [5, 5.41) is 10.5. The zero-order valence-electron chi connectivity index (χ0n) is 5.30. The van der Waals surface area contributed by atoms with Crippen molar-refractivity contribution >= 4 is 41.1 Å². The standard InChI is InChI=1S/C4H7NO2.Na/c1-3(5-7)4(2)6;/h7H,1-2H3;. The number of carbonyl (C=O) groups excluding carboxylic acids is 1. The van der Waals surface area contributed by atoms with Crippen molar-refractivity contribution in [1.82, 2.24) is 0 Å². The van der Waals surface area contributed by atoms with Gasteiger partial charge in [0.1, 0.15) is 5.71 Å². The maximum absolute atomic E-state index is 10.1. The van der Waals surface area contributed by atoms with Crippen molar-refractivity contribution in [2.24, 2.45) is 5.16 Å². The molecule has 3 nitrogen and oxygen atoms in total. The Labute approximate surface area is 70.1 Å². The Morgan fingerprint density at radius 3 is 1.88 bits per heavy atom. The molecule has 0 saturated carbocycles. The molecule has 4 heteroatoms. The summed E-state index contributed by atoms with van der Waals surface area (Å²) in [5.74, 6) is -0.206. The predicted molar refractivity (Wildman–Crippen MR) is 31.3 cm³/mol. The van der Waals surface area contributed by atoms with Crippen molar-refractivity contribution in [3.63, 3.8) is 0 Å².